The van der Waals surface area contributed by atoms with Gasteiger partial charge in [0, 0.05) is 24.5 Å². The lowest BCUT2D eigenvalue weighted by Gasteiger charge is -2.10. The average Bonchev–Trinajstić information content (AvgIpc) is 2.67. The summed E-state index contributed by atoms with van der Waals surface area (Å²) in [5.41, 5.74) is 0.156. The number of carbonyl (C=O) groups is 1. The molecular weight excluding hydrogens is 406 g/mol. The number of carbonyl (C=O) groups excluding carboxylic acids is 1. The van der Waals surface area contributed by atoms with Gasteiger partial charge < -0.3 is 5.32 Å². The van der Waals surface area contributed by atoms with Gasteiger partial charge >= 0.3 is 0 Å². The lowest BCUT2D eigenvalue weighted by molar-refractivity contribution is 0.102. The van der Waals surface area contributed by atoms with E-state index in [1.54, 1.807) is 0 Å². The molecule has 0 spiro atoms. The maximum atomic E-state index is 13.3. The highest BCUT2D eigenvalue weighted by atomic mass is 32.2. The van der Waals surface area contributed by atoms with Crippen LogP contribution in [0.25, 0.3) is 0 Å². The van der Waals surface area contributed by atoms with Crippen molar-refractivity contribution < 1.29 is 22.0 Å². The van der Waals surface area contributed by atoms with Gasteiger partial charge in [-0.2, -0.15) is 5.10 Å². The Kier molecular flexibility index (Phi) is 5.41. The third kappa shape index (κ3) is 4.63. The quantitative estimate of drug-likeness (QED) is 0.657. The lowest BCUT2D eigenvalue weighted by Crippen LogP contribution is -2.23. The maximum Gasteiger partial charge on any atom is 0.276 e. The summed E-state index contributed by atoms with van der Waals surface area (Å²) < 4.78 is 54.0. The van der Waals surface area contributed by atoms with Crippen molar-refractivity contribution in [2.24, 2.45) is 7.05 Å². The average molecular weight is 420 g/mol. The van der Waals surface area contributed by atoms with Crippen LogP contribution in [-0.4, -0.2) is 24.1 Å². The fraction of sp³-hybridized carbons (Fsp3) is 0.0556. The van der Waals surface area contributed by atoms with E-state index in [0.29, 0.717) is 11.8 Å². The summed E-state index contributed by atoms with van der Waals surface area (Å²) in [6, 6.07) is 10.3. The molecule has 1 aromatic heterocycles. The Labute approximate surface area is 163 Å². The van der Waals surface area contributed by atoms with Gasteiger partial charge in [-0.25, -0.2) is 21.9 Å². The molecule has 1 heterocycles. The molecule has 0 radical (unpaired) electrons. The molecule has 3 aromatic rings. The first-order valence-electron chi connectivity index (χ1n) is 8.09. The number of nitrogens with one attached hydrogen (secondary N) is 2. The molecule has 0 aliphatic heterocycles. The number of halogens is 2. The minimum atomic E-state index is -4.13. The molecule has 0 aliphatic rings. The van der Waals surface area contributed by atoms with E-state index in [2.05, 4.69) is 15.1 Å². The van der Waals surface area contributed by atoms with Crippen LogP contribution in [0.2, 0.25) is 0 Å². The molecule has 150 valence electrons. The summed E-state index contributed by atoms with van der Waals surface area (Å²) in [6.07, 6.45) is 0. The van der Waals surface area contributed by atoms with Gasteiger partial charge in [-0.15, -0.1) is 0 Å². The minimum absolute atomic E-state index is 0.0233. The molecule has 0 atom stereocenters. The Morgan fingerprint density at radius 1 is 0.966 bits per heavy atom. The topological polar surface area (TPSA) is 110 Å². The van der Waals surface area contributed by atoms with Gasteiger partial charge in [0.25, 0.3) is 21.5 Å². The summed E-state index contributed by atoms with van der Waals surface area (Å²) in [5.74, 6) is -2.99. The van der Waals surface area contributed by atoms with E-state index in [1.165, 1.54) is 43.4 Å². The summed E-state index contributed by atoms with van der Waals surface area (Å²) in [5, 5.41) is 6.38. The van der Waals surface area contributed by atoms with Gasteiger partial charge in [-0.05, 0) is 48.5 Å². The van der Waals surface area contributed by atoms with Crippen LogP contribution in [0.4, 0.5) is 20.2 Å². The van der Waals surface area contributed by atoms with E-state index in [-0.39, 0.29) is 16.9 Å². The molecule has 29 heavy (non-hydrogen) atoms. The van der Waals surface area contributed by atoms with Crippen LogP contribution >= 0.6 is 0 Å². The van der Waals surface area contributed by atoms with Gasteiger partial charge in [0.05, 0.1) is 4.90 Å². The molecule has 8 nitrogen and oxygen atoms in total. The predicted octanol–water partition coefficient (Wildman–Crippen LogP) is 2.11. The fourth-order valence-electron chi connectivity index (χ4n) is 2.30. The first-order valence-corrected chi connectivity index (χ1v) is 9.58. The molecule has 2 aromatic carbocycles. The Balaban J connectivity index is 1.72. The summed E-state index contributed by atoms with van der Waals surface area (Å²) in [4.78, 5) is 23.0. The summed E-state index contributed by atoms with van der Waals surface area (Å²) in [6.45, 7) is 0. The largest absolute Gasteiger partial charge is 0.321 e. The molecular formula is C18H14F2N4O4S. The molecule has 2 N–H and O–H groups in total. The second kappa shape index (κ2) is 7.80. The fourth-order valence-corrected chi connectivity index (χ4v) is 3.37. The second-order valence-electron chi connectivity index (χ2n) is 5.89. The maximum absolute atomic E-state index is 13.3. The number of rotatable bonds is 5. The SMILES string of the molecule is Cn1nc(C(=O)Nc2ccc(NS(=O)(=O)c3ccc(F)c(F)c3)cc2)ccc1=O. The molecule has 0 fully saturated rings. The highest BCUT2D eigenvalue weighted by Gasteiger charge is 2.17. The van der Waals surface area contributed by atoms with Crippen LogP contribution in [0.15, 0.2) is 64.3 Å². The third-order valence-electron chi connectivity index (χ3n) is 3.79. The van der Waals surface area contributed by atoms with Gasteiger partial charge in [-0.3, -0.25) is 14.3 Å². The van der Waals surface area contributed by atoms with Crippen molar-refractivity contribution in [2.45, 2.75) is 4.90 Å². The number of anilines is 2. The standard InChI is InChI=1S/C18H14F2N4O4S/c1-24-17(25)9-8-16(22-24)18(26)21-11-2-4-12(5-3-11)23-29(27,28)13-6-7-14(19)15(20)10-13/h2-10,23H,1H3,(H,21,26). The van der Waals surface area contributed by atoms with Gasteiger partial charge in [-0.1, -0.05) is 0 Å². The molecule has 0 aliphatic carbocycles. The van der Waals surface area contributed by atoms with Crippen LogP contribution in [0.3, 0.4) is 0 Å². The first-order chi connectivity index (χ1) is 13.7. The van der Waals surface area contributed by atoms with Crippen molar-refractivity contribution in [3.63, 3.8) is 0 Å². The predicted molar refractivity (Wildman–Crippen MR) is 101 cm³/mol. The van der Waals surface area contributed by atoms with Gasteiger partial charge in [0.2, 0.25) is 0 Å². The molecule has 1 amide bonds. The normalized spacial score (nSPS) is 11.1. The summed E-state index contributed by atoms with van der Waals surface area (Å²) >= 11 is 0. The number of nitrogens with zero attached hydrogens (tertiary/aromatic N) is 2. The van der Waals surface area contributed by atoms with Crippen LogP contribution in [0, 0.1) is 11.6 Å². The zero-order valence-electron chi connectivity index (χ0n) is 14.9. The molecule has 0 bridgehead atoms. The number of amides is 1. The second-order valence-corrected chi connectivity index (χ2v) is 7.58. The van der Waals surface area contributed by atoms with Crippen LogP contribution in [-0.2, 0) is 17.1 Å². The number of benzene rings is 2. The van der Waals surface area contributed by atoms with Gasteiger partial charge in [0.15, 0.2) is 11.6 Å². The van der Waals surface area contributed by atoms with Crippen molar-refractivity contribution >= 4 is 27.3 Å². The van der Waals surface area contributed by atoms with Crippen LogP contribution in [0.1, 0.15) is 10.5 Å². The van der Waals surface area contributed by atoms with E-state index in [9.17, 15) is 26.8 Å². The van der Waals surface area contributed by atoms with Gasteiger partial charge in [0.1, 0.15) is 5.69 Å². The number of hydrogen-bond donors (Lipinski definition) is 2. The zero-order chi connectivity index (χ0) is 21.2. The molecule has 3 rings (SSSR count). The van der Waals surface area contributed by atoms with E-state index in [1.807, 2.05) is 0 Å². The van der Waals surface area contributed by atoms with E-state index in [0.717, 1.165) is 16.8 Å². The van der Waals surface area contributed by atoms with E-state index < -0.39 is 32.5 Å². The monoisotopic (exact) mass is 420 g/mol. The smallest absolute Gasteiger partial charge is 0.276 e. The first kappa shape index (κ1) is 20.1. The third-order valence-corrected chi connectivity index (χ3v) is 5.17. The van der Waals surface area contributed by atoms with Crippen molar-refractivity contribution in [1.82, 2.24) is 9.78 Å². The number of aromatic nitrogens is 2. The lowest BCUT2D eigenvalue weighted by atomic mass is 10.2. The van der Waals surface area contributed by atoms with Crippen molar-refractivity contribution in [3.8, 4) is 0 Å². The molecule has 0 saturated heterocycles. The van der Waals surface area contributed by atoms with Crippen molar-refractivity contribution in [2.75, 3.05) is 10.0 Å². The van der Waals surface area contributed by atoms with E-state index >= 15 is 0 Å². The molecule has 0 saturated carbocycles. The number of hydrogen-bond acceptors (Lipinski definition) is 5. The highest BCUT2D eigenvalue weighted by molar-refractivity contribution is 7.92. The Hall–Kier alpha value is -3.60. The Morgan fingerprint density at radius 3 is 2.24 bits per heavy atom. The molecule has 0 unspecified atom stereocenters. The van der Waals surface area contributed by atoms with Crippen LogP contribution < -0.4 is 15.6 Å². The number of sulfonamides is 1. The molecule has 11 heteroatoms. The highest BCUT2D eigenvalue weighted by Crippen LogP contribution is 2.20. The van der Waals surface area contributed by atoms with E-state index in [4.69, 9.17) is 0 Å². The van der Waals surface area contributed by atoms with Crippen molar-refractivity contribution in [3.05, 3.63) is 82.3 Å². The Bertz CT molecular complexity index is 1240. The minimum Gasteiger partial charge on any atom is -0.321 e. The Morgan fingerprint density at radius 2 is 1.62 bits per heavy atom. The zero-order valence-corrected chi connectivity index (χ0v) is 15.7. The summed E-state index contributed by atoms with van der Waals surface area (Å²) in [7, 11) is -2.72. The van der Waals surface area contributed by atoms with Crippen molar-refractivity contribution in [1.29, 1.82) is 0 Å². The van der Waals surface area contributed by atoms with Crippen LogP contribution in [0.5, 0.6) is 0 Å². The number of aryl methyl sites for hydroxylation is 1.